The van der Waals surface area contributed by atoms with Crippen molar-refractivity contribution in [3.63, 3.8) is 0 Å². The zero-order chi connectivity index (χ0) is 14.5. The number of nitrogens with zero attached hydrogens (tertiary/aromatic N) is 2. The Kier molecular flexibility index (Phi) is 4.68. The molecule has 0 amide bonds. The molecule has 6 heteroatoms. The summed E-state index contributed by atoms with van der Waals surface area (Å²) in [6.45, 7) is 3.95. The monoisotopic (exact) mass is 276 g/mol. The lowest BCUT2D eigenvalue weighted by Gasteiger charge is -2.42. The van der Waals surface area contributed by atoms with Gasteiger partial charge in [0.05, 0.1) is 17.6 Å². The molecular formula is C14H24N6. The Bertz CT molecular complexity index is 449. The SMILES string of the molecule is CNc1cnccc1N1CC(N)C(N/C=C\N)[C@@H](C)C1. The quantitative estimate of drug-likeness (QED) is 0.632. The molecule has 0 spiro atoms. The highest BCUT2D eigenvalue weighted by molar-refractivity contribution is 5.68. The third-order valence-corrected chi connectivity index (χ3v) is 3.81. The van der Waals surface area contributed by atoms with E-state index in [1.165, 1.54) is 6.20 Å². The van der Waals surface area contributed by atoms with Crippen molar-refractivity contribution < 1.29 is 0 Å². The molecule has 0 saturated carbocycles. The summed E-state index contributed by atoms with van der Waals surface area (Å²) in [5.41, 5.74) is 13.9. The Labute approximate surface area is 120 Å². The predicted molar refractivity (Wildman–Crippen MR) is 83.4 cm³/mol. The molecule has 1 fully saturated rings. The molecule has 1 aliphatic heterocycles. The maximum atomic E-state index is 6.31. The lowest BCUT2D eigenvalue weighted by atomic mass is 9.90. The van der Waals surface area contributed by atoms with Crippen molar-refractivity contribution in [2.45, 2.75) is 19.0 Å². The topological polar surface area (TPSA) is 92.2 Å². The van der Waals surface area contributed by atoms with E-state index in [0.29, 0.717) is 5.92 Å². The molecule has 110 valence electrons. The summed E-state index contributed by atoms with van der Waals surface area (Å²) in [4.78, 5) is 6.46. The number of hydrogen-bond acceptors (Lipinski definition) is 6. The van der Waals surface area contributed by atoms with Gasteiger partial charge in [0.15, 0.2) is 0 Å². The van der Waals surface area contributed by atoms with Gasteiger partial charge >= 0.3 is 0 Å². The molecule has 20 heavy (non-hydrogen) atoms. The molecule has 6 N–H and O–H groups in total. The van der Waals surface area contributed by atoms with Crippen LogP contribution in [-0.2, 0) is 0 Å². The summed E-state index contributed by atoms with van der Waals surface area (Å²) in [6, 6.07) is 2.32. The van der Waals surface area contributed by atoms with Crippen molar-refractivity contribution in [2.75, 3.05) is 30.4 Å². The van der Waals surface area contributed by atoms with Gasteiger partial charge in [0.25, 0.3) is 0 Å². The van der Waals surface area contributed by atoms with E-state index in [-0.39, 0.29) is 12.1 Å². The van der Waals surface area contributed by atoms with Crippen LogP contribution in [0.2, 0.25) is 0 Å². The normalized spacial score (nSPS) is 26.8. The fourth-order valence-corrected chi connectivity index (χ4v) is 2.83. The van der Waals surface area contributed by atoms with Crippen molar-refractivity contribution in [1.82, 2.24) is 10.3 Å². The van der Waals surface area contributed by atoms with Gasteiger partial charge in [-0.3, -0.25) is 4.98 Å². The van der Waals surface area contributed by atoms with Gasteiger partial charge < -0.3 is 27.0 Å². The van der Waals surface area contributed by atoms with Gasteiger partial charge in [0.2, 0.25) is 0 Å². The minimum absolute atomic E-state index is 0.0489. The Hall–Kier alpha value is -1.95. The number of rotatable bonds is 4. The molecule has 1 aliphatic rings. The molecule has 1 aromatic heterocycles. The van der Waals surface area contributed by atoms with Crippen molar-refractivity contribution in [2.24, 2.45) is 17.4 Å². The Morgan fingerprint density at radius 3 is 2.90 bits per heavy atom. The summed E-state index contributed by atoms with van der Waals surface area (Å²) in [7, 11) is 1.91. The van der Waals surface area contributed by atoms with Crippen LogP contribution in [0.1, 0.15) is 6.92 Å². The zero-order valence-corrected chi connectivity index (χ0v) is 12.1. The Morgan fingerprint density at radius 2 is 2.25 bits per heavy atom. The van der Waals surface area contributed by atoms with Crippen LogP contribution < -0.4 is 27.0 Å². The number of nitrogens with one attached hydrogen (secondary N) is 2. The first-order chi connectivity index (χ1) is 9.67. The van der Waals surface area contributed by atoms with Crippen molar-refractivity contribution >= 4 is 11.4 Å². The summed E-state index contributed by atoms with van der Waals surface area (Å²) in [6.07, 6.45) is 6.93. The summed E-state index contributed by atoms with van der Waals surface area (Å²) in [5.74, 6) is 0.424. The lowest BCUT2D eigenvalue weighted by molar-refractivity contribution is 0.310. The van der Waals surface area contributed by atoms with Crippen LogP contribution in [0.15, 0.2) is 30.9 Å². The molecule has 0 radical (unpaired) electrons. The average Bonchev–Trinajstić information content (AvgIpc) is 2.46. The Morgan fingerprint density at radius 1 is 1.45 bits per heavy atom. The summed E-state index contributed by atoms with van der Waals surface area (Å²) in [5, 5.41) is 6.47. The van der Waals surface area contributed by atoms with Crippen LogP contribution in [0, 0.1) is 5.92 Å². The first-order valence-corrected chi connectivity index (χ1v) is 6.92. The van der Waals surface area contributed by atoms with E-state index in [2.05, 4.69) is 27.4 Å². The van der Waals surface area contributed by atoms with Gasteiger partial charge in [-0.2, -0.15) is 0 Å². The van der Waals surface area contributed by atoms with Crippen LogP contribution in [0.25, 0.3) is 0 Å². The second-order valence-electron chi connectivity index (χ2n) is 5.24. The van der Waals surface area contributed by atoms with Gasteiger partial charge in [0.1, 0.15) is 0 Å². The fourth-order valence-electron chi connectivity index (χ4n) is 2.83. The average molecular weight is 276 g/mol. The highest BCUT2D eigenvalue weighted by Crippen LogP contribution is 2.28. The molecule has 3 atom stereocenters. The molecule has 0 aromatic carbocycles. The van der Waals surface area contributed by atoms with Crippen LogP contribution in [0.4, 0.5) is 11.4 Å². The molecule has 2 heterocycles. The Balaban J connectivity index is 2.13. The maximum absolute atomic E-state index is 6.31. The molecule has 2 rings (SSSR count). The molecule has 1 saturated heterocycles. The van der Waals surface area contributed by atoms with E-state index in [4.69, 9.17) is 11.5 Å². The third-order valence-electron chi connectivity index (χ3n) is 3.81. The molecule has 1 aromatic rings. The van der Waals surface area contributed by atoms with Crippen molar-refractivity contribution in [3.05, 3.63) is 30.9 Å². The molecule has 0 aliphatic carbocycles. The molecule has 2 unspecified atom stereocenters. The predicted octanol–water partition coefficient (Wildman–Crippen LogP) is 0.295. The summed E-state index contributed by atoms with van der Waals surface area (Å²) < 4.78 is 0. The lowest BCUT2D eigenvalue weighted by Crippen LogP contribution is -2.60. The smallest absolute Gasteiger partial charge is 0.0761 e. The first-order valence-electron chi connectivity index (χ1n) is 6.92. The second-order valence-corrected chi connectivity index (χ2v) is 5.24. The number of pyridine rings is 1. The number of aromatic nitrogens is 1. The van der Waals surface area contributed by atoms with E-state index in [9.17, 15) is 0 Å². The fraction of sp³-hybridized carbons (Fsp3) is 0.500. The van der Waals surface area contributed by atoms with E-state index in [0.717, 1.165) is 24.5 Å². The van der Waals surface area contributed by atoms with Crippen LogP contribution in [0.5, 0.6) is 0 Å². The van der Waals surface area contributed by atoms with E-state index in [1.54, 1.807) is 6.20 Å². The van der Waals surface area contributed by atoms with E-state index >= 15 is 0 Å². The van der Waals surface area contributed by atoms with Crippen LogP contribution >= 0.6 is 0 Å². The standard InChI is InChI=1S/C14H24N6/c1-10-8-20(9-11(16)14(10)19-6-4-15)13-3-5-18-7-12(13)17-2/h3-7,10-11,14,17,19H,8-9,15-16H2,1-2H3/b6-4-/t10-,11?,14?/m0/s1. The van der Waals surface area contributed by atoms with Gasteiger partial charge in [-0.05, 0) is 12.0 Å². The molecule has 0 bridgehead atoms. The van der Waals surface area contributed by atoms with E-state index in [1.807, 2.05) is 25.5 Å². The van der Waals surface area contributed by atoms with Crippen molar-refractivity contribution in [1.29, 1.82) is 0 Å². The highest BCUT2D eigenvalue weighted by Gasteiger charge is 2.32. The number of anilines is 2. The largest absolute Gasteiger partial charge is 0.403 e. The van der Waals surface area contributed by atoms with Gasteiger partial charge in [0, 0.05) is 50.8 Å². The number of nitrogens with two attached hydrogens (primary N) is 2. The van der Waals surface area contributed by atoms with Crippen LogP contribution in [0.3, 0.4) is 0 Å². The minimum Gasteiger partial charge on any atom is -0.403 e. The van der Waals surface area contributed by atoms with Gasteiger partial charge in [-0.15, -0.1) is 0 Å². The minimum atomic E-state index is 0.0489. The van der Waals surface area contributed by atoms with Gasteiger partial charge in [-0.25, -0.2) is 0 Å². The highest BCUT2D eigenvalue weighted by atomic mass is 15.2. The first kappa shape index (κ1) is 14.5. The van der Waals surface area contributed by atoms with Crippen LogP contribution in [-0.4, -0.2) is 37.2 Å². The van der Waals surface area contributed by atoms with Gasteiger partial charge in [-0.1, -0.05) is 6.92 Å². The maximum Gasteiger partial charge on any atom is 0.0761 e. The van der Waals surface area contributed by atoms with Crippen molar-refractivity contribution in [3.8, 4) is 0 Å². The molecule has 6 nitrogen and oxygen atoms in total. The van der Waals surface area contributed by atoms with E-state index < -0.39 is 0 Å². The number of hydrogen-bond donors (Lipinski definition) is 4. The number of piperidine rings is 1. The zero-order valence-electron chi connectivity index (χ0n) is 12.1. The summed E-state index contributed by atoms with van der Waals surface area (Å²) >= 11 is 0. The second kappa shape index (κ2) is 6.47. The third kappa shape index (κ3) is 2.96. The molecular weight excluding hydrogens is 252 g/mol.